The maximum atomic E-state index is 12.8. The molecular weight excluding hydrogens is 394 g/mol. The molecule has 0 bridgehead atoms. The number of carbonyl (C=O) groups is 1. The SMILES string of the molecule is Cc1nccn1[C@H]1C[C@H]2CN(C(=O)Nc3cccnc3)C[C@H]2C[C@@H]1Oc1cnccn1. The van der Waals surface area contributed by atoms with E-state index < -0.39 is 0 Å². The molecule has 1 saturated carbocycles. The number of nitrogens with one attached hydrogen (secondary N) is 1. The van der Waals surface area contributed by atoms with Crippen molar-refractivity contribution in [3.8, 4) is 5.88 Å². The zero-order valence-corrected chi connectivity index (χ0v) is 17.3. The monoisotopic (exact) mass is 419 g/mol. The standard InChI is InChI=1S/C22H25N7O2/c1-15-25-7-8-29(15)19-9-16-13-28(22(30)27-18-3-2-4-23-11-18)14-17(16)10-20(19)31-21-12-24-5-6-26-21/h2-8,11-12,16-17,19-20H,9-10,13-14H2,1H3,(H,27,30)/t16-,17+,19-,20-/m0/s1. The second-order valence-electron chi connectivity index (χ2n) is 8.22. The highest BCUT2D eigenvalue weighted by Crippen LogP contribution is 2.43. The van der Waals surface area contributed by atoms with Crippen LogP contribution in [0.15, 0.2) is 55.5 Å². The van der Waals surface area contributed by atoms with Crippen molar-refractivity contribution >= 4 is 11.7 Å². The number of pyridine rings is 1. The summed E-state index contributed by atoms with van der Waals surface area (Å²) in [7, 11) is 0. The van der Waals surface area contributed by atoms with Crippen LogP contribution >= 0.6 is 0 Å². The van der Waals surface area contributed by atoms with Crippen LogP contribution in [-0.2, 0) is 0 Å². The van der Waals surface area contributed by atoms with Crippen LogP contribution in [0.2, 0.25) is 0 Å². The molecule has 0 radical (unpaired) electrons. The summed E-state index contributed by atoms with van der Waals surface area (Å²) in [6.45, 7) is 3.46. The van der Waals surface area contributed by atoms with E-state index in [4.69, 9.17) is 4.74 Å². The van der Waals surface area contributed by atoms with E-state index in [1.807, 2.05) is 36.4 Å². The molecule has 0 spiro atoms. The Balaban J connectivity index is 1.33. The molecule has 5 rings (SSSR count). The van der Waals surface area contributed by atoms with E-state index in [-0.39, 0.29) is 18.2 Å². The van der Waals surface area contributed by atoms with Gasteiger partial charge in [-0.25, -0.2) is 14.8 Å². The van der Waals surface area contributed by atoms with E-state index in [2.05, 4.69) is 29.8 Å². The Morgan fingerprint density at radius 3 is 2.61 bits per heavy atom. The number of hydrogen-bond acceptors (Lipinski definition) is 6. The lowest BCUT2D eigenvalue weighted by Gasteiger charge is -2.38. The molecule has 4 heterocycles. The molecule has 2 aliphatic rings. The molecular formula is C22H25N7O2. The number of nitrogens with zero attached hydrogens (tertiary/aromatic N) is 6. The van der Waals surface area contributed by atoms with Crippen molar-refractivity contribution in [3.63, 3.8) is 0 Å². The summed E-state index contributed by atoms with van der Waals surface area (Å²) < 4.78 is 8.49. The summed E-state index contributed by atoms with van der Waals surface area (Å²) in [6, 6.07) is 3.71. The first-order chi connectivity index (χ1) is 15.2. The summed E-state index contributed by atoms with van der Waals surface area (Å²) in [5.74, 6) is 2.27. The van der Waals surface area contributed by atoms with Gasteiger partial charge >= 0.3 is 6.03 Å². The van der Waals surface area contributed by atoms with Crippen LogP contribution in [0.5, 0.6) is 5.88 Å². The molecule has 31 heavy (non-hydrogen) atoms. The molecule has 9 heteroatoms. The Kier molecular flexibility index (Phi) is 5.23. The molecule has 0 aromatic carbocycles. The van der Waals surface area contributed by atoms with E-state index in [1.165, 1.54) is 0 Å². The first-order valence-corrected chi connectivity index (χ1v) is 10.6. The molecule has 2 amide bonds. The number of amides is 2. The Bertz CT molecular complexity index is 1030. The highest BCUT2D eigenvalue weighted by molar-refractivity contribution is 5.89. The molecule has 1 saturated heterocycles. The molecule has 9 nitrogen and oxygen atoms in total. The average Bonchev–Trinajstić information content (AvgIpc) is 3.40. The van der Waals surface area contributed by atoms with Gasteiger partial charge in [-0.1, -0.05) is 0 Å². The van der Waals surface area contributed by atoms with Crippen molar-refractivity contribution in [1.82, 2.24) is 29.4 Å². The molecule has 1 N–H and O–H groups in total. The molecule has 160 valence electrons. The predicted octanol–water partition coefficient (Wildman–Crippen LogP) is 2.94. The molecule has 2 fully saturated rings. The minimum atomic E-state index is -0.0795. The van der Waals surface area contributed by atoms with E-state index in [0.717, 1.165) is 25.2 Å². The van der Waals surface area contributed by atoms with Crippen LogP contribution in [-0.4, -0.2) is 54.6 Å². The van der Waals surface area contributed by atoms with Gasteiger partial charge in [-0.3, -0.25) is 9.97 Å². The van der Waals surface area contributed by atoms with Crippen molar-refractivity contribution in [2.24, 2.45) is 11.8 Å². The van der Waals surface area contributed by atoms with Gasteiger partial charge in [-0.05, 0) is 43.7 Å². The lowest BCUT2D eigenvalue weighted by Crippen LogP contribution is -2.40. The number of anilines is 1. The molecule has 1 aliphatic carbocycles. The number of fused-ring (bicyclic) bond motifs is 1. The summed E-state index contributed by atoms with van der Waals surface area (Å²) in [5, 5.41) is 2.95. The van der Waals surface area contributed by atoms with Gasteiger partial charge in [0.1, 0.15) is 11.9 Å². The zero-order valence-electron chi connectivity index (χ0n) is 17.3. The second kappa shape index (κ2) is 8.33. The van der Waals surface area contributed by atoms with Gasteiger partial charge in [0.15, 0.2) is 0 Å². The molecule has 1 aliphatic heterocycles. The smallest absolute Gasteiger partial charge is 0.321 e. The number of aromatic nitrogens is 5. The number of imidazole rings is 1. The second-order valence-corrected chi connectivity index (χ2v) is 8.22. The Labute approximate surface area is 180 Å². The highest BCUT2D eigenvalue weighted by Gasteiger charge is 2.45. The zero-order chi connectivity index (χ0) is 21.2. The van der Waals surface area contributed by atoms with Crippen molar-refractivity contribution in [3.05, 3.63) is 61.3 Å². The molecule has 3 aromatic heterocycles. The predicted molar refractivity (Wildman–Crippen MR) is 113 cm³/mol. The topological polar surface area (TPSA) is 98.1 Å². The largest absolute Gasteiger partial charge is 0.471 e. The number of aryl methyl sites for hydroxylation is 1. The first kappa shape index (κ1) is 19.5. The van der Waals surface area contributed by atoms with Gasteiger partial charge in [0, 0.05) is 44.1 Å². The van der Waals surface area contributed by atoms with Crippen molar-refractivity contribution in [2.75, 3.05) is 18.4 Å². The maximum absolute atomic E-state index is 12.8. The number of rotatable bonds is 4. The van der Waals surface area contributed by atoms with Crippen molar-refractivity contribution in [1.29, 1.82) is 0 Å². The third kappa shape index (κ3) is 4.08. The Morgan fingerprint density at radius 2 is 1.90 bits per heavy atom. The molecule has 4 atom stereocenters. The maximum Gasteiger partial charge on any atom is 0.321 e. The van der Waals surface area contributed by atoms with Crippen LogP contribution in [0, 0.1) is 18.8 Å². The fourth-order valence-corrected chi connectivity index (χ4v) is 4.85. The lowest BCUT2D eigenvalue weighted by atomic mass is 9.77. The number of likely N-dealkylation sites (tertiary alicyclic amines) is 1. The summed E-state index contributed by atoms with van der Waals surface area (Å²) in [6.07, 6.45) is 13.8. The van der Waals surface area contributed by atoms with Crippen molar-refractivity contribution in [2.45, 2.75) is 31.9 Å². The van der Waals surface area contributed by atoms with Gasteiger partial charge in [0.05, 0.1) is 24.1 Å². The van der Waals surface area contributed by atoms with E-state index in [1.54, 1.807) is 31.0 Å². The summed E-state index contributed by atoms with van der Waals surface area (Å²) in [5.41, 5.74) is 0.707. The normalized spacial score (nSPS) is 25.1. The van der Waals surface area contributed by atoms with E-state index >= 15 is 0 Å². The number of carbonyl (C=O) groups excluding carboxylic acids is 1. The summed E-state index contributed by atoms with van der Waals surface area (Å²) >= 11 is 0. The minimum absolute atomic E-state index is 0.0628. The van der Waals surface area contributed by atoms with Crippen molar-refractivity contribution < 1.29 is 9.53 Å². The first-order valence-electron chi connectivity index (χ1n) is 10.6. The Hall–Kier alpha value is -3.49. The summed E-state index contributed by atoms with van der Waals surface area (Å²) in [4.78, 5) is 31.6. The lowest BCUT2D eigenvalue weighted by molar-refractivity contribution is 0.0501. The van der Waals surface area contributed by atoms with Gasteiger partial charge in [-0.15, -0.1) is 0 Å². The average molecular weight is 419 g/mol. The van der Waals surface area contributed by atoms with Gasteiger partial charge in [0.2, 0.25) is 5.88 Å². The number of urea groups is 1. The Morgan fingerprint density at radius 1 is 1.06 bits per heavy atom. The third-order valence-electron chi connectivity index (χ3n) is 6.32. The van der Waals surface area contributed by atoms with Gasteiger partial charge in [-0.2, -0.15) is 0 Å². The van der Waals surface area contributed by atoms with Crippen LogP contribution in [0.3, 0.4) is 0 Å². The van der Waals surface area contributed by atoms with Gasteiger partial charge in [0.25, 0.3) is 0 Å². The van der Waals surface area contributed by atoms with Crippen LogP contribution in [0.1, 0.15) is 24.7 Å². The fraction of sp³-hybridized carbons (Fsp3) is 0.409. The van der Waals surface area contributed by atoms with Crippen LogP contribution < -0.4 is 10.1 Å². The quantitative estimate of drug-likeness (QED) is 0.698. The fourth-order valence-electron chi connectivity index (χ4n) is 4.85. The number of ether oxygens (including phenoxy) is 1. The van der Waals surface area contributed by atoms with Crippen LogP contribution in [0.4, 0.5) is 10.5 Å². The minimum Gasteiger partial charge on any atom is -0.471 e. The third-order valence-corrected chi connectivity index (χ3v) is 6.32. The van der Waals surface area contributed by atoms with E-state index in [9.17, 15) is 4.79 Å². The number of hydrogen-bond donors (Lipinski definition) is 1. The van der Waals surface area contributed by atoms with Crippen LogP contribution in [0.25, 0.3) is 0 Å². The van der Waals surface area contributed by atoms with Gasteiger partial charge < -0.3 is 19.5 Å². The molecule has 3 aromatic rings. The molecule has 0 unspecified atom stereocenters. The highest BCUT2D eigenvalue weighted by atomic mass is 16.5. The van der Waals surface area contributed by atoms with E-state index in [0.29, 0.717) is 29.9 Å².